The molecule has 0 bridgehead atoms. The van der Waals surface area contributed by atoms with Crippen molar-refractivity contribution in [1.82, 2.24) is 10.3 Å². The molecule has 2 atom stereocenters. The minimum Gasteiger partial charge on any atom is -0.468 e. The molecule has 1 heterocycles. The summed E-state index contributed by atoms with van der Waals surface area (Å²) in [6.07, 6.45) is 0. The standard InChI is InChI=1S/C24H24N2O7/c1-13(18(22(28)31-2)23(29)32-3)20(24(30)33-4)26-21(27)19-14-9-5-7-11-16(14)25-17-12-8-6-10-15(17)19/h5-13,18,20H,1-4H3,(H,26,27)/t13-,20-/m1/s1. The molecule has 0 aliphatic rings. The molecule has 0 unspecified atom stereocenters. The first kappa shape index (κ1) is 23.6. The zero-order valence-corrected chi connectivity index (χ0v) is 18.7. The van der Waals surface area contributed by atoms with Crippen LogP contribution >= 0.6 is 0 Å². The van der Waals surface area contributed by atoms with Gasteiger partial charge in [0, 0.05) is 16.7 Å². The number of benzene rings is 2. The van der Waals surface area contributed by atoms with Gasteiger partial charge in [0.15, 0.2) is 5.92 Å². The molecule has 172 valence electrons. The van der Waals surface area contributed by atoms with Gasteiger partial charge in [-0.2, -0.15) is 0 Å². The Kier molecular flexibility index (Phi) is 7.22. The van der Waals surface area contributed by atoms with Crippen molar-refractivity contribution >= 4 is 45.6 Å². The number of nitrogens with one attached hydrogen (secondary N) is 1. The predicted molar refractivity (Wildman–Crippen MR) is 119 cm³/mol. The number of fused-ring (bicyclic) bond motifs is 2. The van der Waals surface area contributed by atoms with Crippen LogP contribution < -0.4 is 5.32 Å². The number of ether oxygens (including phenoxy) is 3. The Hall–Kier alpha value is -4.01. The fraction of sp³-hybridized carbons (Fsp3) is 0.292. The monoisotopic (exact) mass is 452 g/mol. The lowest BCUT2D eigenvalue weighted by molar-refractivity contribution is -0.163. The Balaban J connectivity index is 2.09. The molecule has 0 fully saturated rings. The molecule has 33 heavy (non-hydrogen) atoms. The lowest BCUT2D eigenvalue weighted by Crippen LogP contribution is -2.51. The molecular formula is C24H24N2O7. The summed E-state index contributed by atoms with van der Waals surface area (Å²) < 4.78 is 14.3. The van der Waals surface area contributed by atoms with Crippen molar-refractivity contribution in [3.05, 3.63) is 54.1 Å². The molecule has 0 spiro atoms. The van der Waals surface area contributed by atoms with Gasteiger partial charge in [0.25, 0.3) is 5.91 Å². The van der Waals surface area contributed by atoms with Crippen molar-refractivity contribution in [3.8, 4) is 0 Å². The van der Waals surface area contributed by atoms with E-state index in [1.807, 2.05) is 12.1 Å². The average molecular weight is 452 g/mol. The van der Waals surface area contributed by atoms with Crippen LogP contribution in [0.1, 0.15) is 17.3 Å². The normalized spacial score (nSPS) is 12.8. The summed E-state index contributed by atoms with van der Waals surface area (Å²) in [7, 11) is 3.38. The molecule has 0 aliphatic carbocycles. The Morgan fingerprint density at radius 2 is 1.21 bits per heavy atom. The highest BCUT2D eigenvalue weighted by Crippen LogP contribution is 2.27. The van der Waals surface area contributed by atoms with Gasteiger partial charge in [0.1, 0.15) is 6.04 Å². The molecule has 2 aromatic carbocycles. The van der Waals surface area contributed by atoms with Gasteiger partial charge in [-0.25, -0.2) is 9.78 Å². The van der Waals surface area contributed by atoms with Crippen LogP contribution in [-0.4, -0.2) is 56.2 Å². The fourth-order valence-electron chi connectivity index (χ4n) is 3.80. The predicted octanol–water partition coefficient (Wildman–Crippen LogP) is 2.26. The molecule has 3 aromatic rings. The zero-order chi connectivity index (χ0) is 24.1. The van der Waals surface area contributed by atoms with E-state index in [0.29, 0.717) is 27.4 Å². The molecule has 0 radical (unpaired) electrons. The first-order valence-electron chi connectivity index (χ1n) is 10.2. The second kappa shape index (κ2) is 10.1. The number of amides is 1. The maximum atomic E-state index is 13.5. The van der Waals surface area contributed by atoms with Gasteiger partial charge in [-0.15, -0.1) is 0 Å². The van der Waals surface area contributed by atoms with Crippen LogP contribution in [-0.2, 0) is 28.6 Å². The second-order valence-corrected chi connectivity index (χ2v) is 7.38. The van der Waals surface area contributed by atoms with E-state index in [0.717, 1.165) is 21.3 Å². The highest BCUT2D eigenvalue weighted by atomic mass is 16.5. The van der Waals surface area contributed by atoms with E-state index in [2.05, 4.69) is 10.3 Å². The summed E-state index contributed by atoms with van der Waals surface area (Å²) in [5.74, 6) is -5.66. The first-order chi connectivity index (χ1) is 15.8. The third kappa shape index (κ3) is 4.62. The van der Waals surface area contributed by atoms with Crippen LogP contribution in [0.5, 0.6) is 0 Å². The van der Waals surface area contributed by atoms with Crippen molar-refractivity contribution < 1.29 is 33.4 Å². The second-order valence-electron chi connectivity index (χ2n) is 7.38. The van der Waals surface area contributed by atoms with Crippen molar-refractivity contribution in [3.63, 3.8) is 0 Å². The van der Waals surface area contributed by atoms with Crippen LogP contribution in [0.25, 0.3) is 21.8 Å². The van der Waals surface area contributed by atoms with Gasteiger partial charge in [-0.05, 0) is 12.1 Å². The molecule has 9 nitrogen and oxygen atoms in total. The lowest BCUT2D eigenvalue weighted by Gasteiger charge is -2.27. The highest BCUT2D eigenvalue weighted by molar-refractivity contribution is 6.16. The summed E-state index contributed by atoms with van der Waals surface area (Å²) in [6, 6.07) is 12.9. The molecular weight excluding hydrogens is 428 g/mol. The molecule has 1 aromatic heterocycles. The van der Waals surface area contributed by atoms with Gasteiger partial charge >= 0.3 is 17.9 Å². The number of esters is 3. The van der Waals surface area contributed by atoms with Gasteiger partial charge in [-0.3, -0.25) is 14.4 Å². The number of nitrogens with zero attached hydrogens (tertiary/aromatic N) is 1. The Morgan fingerprint density at radius 3 is 1.67 bits per heavy atom. The fourth-order valence-corrected chi connectivity index (χ4v) is 3.80. The Bertz CT molecular complexity index is 1150. The number of carbonyl (C=O) groups is 4. The number of methoxy groups -OCH3 is 3. The Morgan fingerprint density at radius 1 is 0.758 bits per heavy atom. The van der Waals surface area contributed by atoms with Crippen LogP contribution in [0.2, 0.25) is 0 Å². The zero-order valence-electron chi connectivity index (χ0n) is 18.7. The van der Waals surface area contributed by atoms with Gasteiger partial charge < -0.3 is 19.5 Å². The van der Waals surface area contributed by atoms with E-state index >= 15 is 0 Å². The van der Waals surface area contributed by atoms with Gasteiger partial charge in [0.05, 0.1) is 37.9 Å². The number of para-hydroxylation sites is 2. The quantitative estimate of drug-likeness (QED) is 0.251. The minimum absolute atomic E-state index is 0.310. The van der Waals surface area contributed by atoms with E-state index in [4.69, 9.17) is 14.2 Å². The summed E-state index contributed by atoms with van der Waals surface area (Å²) >= 11 is 0. The van der Waals surface area contributed by atoms with Gasteiger partial charge in [-0.1, -0.05) is 43.3 Å². The molecule has 1 N–H and O–H groups in total. The van der Waals surface area contributed by atoms with Crippen molar-refractivity contribution in [2.24, 2.45) is 11.8 Å². The SMILES string of the molecule is COC(=O)C(C(=O)OC)[C@@H](C)[C@@H](NC(=O)c1c2ccccc2nc2ccccc12)C(=O)OC. The van der Waals surface area contributed by atoms with Crippen LogP contribution in [0, 0.1) is 11.8 Å². The molecule has 3 rings (SSSR count). The molecule has 1 amide bonds. The number of carbonyl (C=O) groups excluding carboxylic acids is 4. The Labute approximate surface area is 190 Å². The molecule has 0 saturated heterocycles. The van der Waals surface area contributed by atoms with Crippen molar-refractivity contribution in [2.75, 3.05) is 21.3 Å². The van der Waals surface area contributed by atoms with E-state index in [1.165, 1.54) is 6.92 Å². The largest absolute Gasteiger partial charge is 0.468 e. The van der Waals surface area contributed by atoms with Crippen molar-refractivity contribution in [2.45, 2.75) is 13.0 Å². The van der Waals surface area contributed by atoms with Crippen LogP contribution in [0.3, 0.4) is 0 Å². The number of rotatable bonds is 7. The van der Waals surface area contributed by atoms with Crippen LogP contribution in [0.4, 0.5) is 0 Å². The summed E-state index contributed by atoms with van der Waals surface area (Å²) in [6.45, 7) is 1.46. The lowest BCUT2D eigenvalue weighted by atomic mass is 9.87. The van der Waals surface area contributed by atoms with E-state index < -0.39 is 41.7 Å². The van der Waals surface area contributed by atoms with E-state index in [-0.39, 0.29) is 0 Å². The molecule has 0 aliphatic heterocycles. The third-order valence-electron chi connectivity index (χ3n) is 5.52. The molecule has 9 heteroatoms. The van der Waals surface area contributed by atoms with Crippen molar-refractivity contribution in [1.29, 1.82) is 0 Å². The summed E-state index contributed by atoms with van der Waals surface area (Å²) in [5.41, 5.74) is 1.52. The summed E-state index contributed by atoms with van der Waals surface area (Å²) in [5, 5.41) is 3.82. The maximum Gasteiger partial charge on any atom is 0.328 e. The third-order valence-corrected chi connectivity index (χ3v) is 5.52. The number of aromatic nitrogens is 1. The summed E-state index contributed by atoms with van der Waals surface area (Å²) in [4.78, 5) is 55.3. The maximum absolute atomic E-state index is 13.5. The number of hydrogen-bond donors (Lipinski definition) is 1. The topological polar surface area (TPSA) is 121 Å². The number of pyridine rings is 1. The smallest absolute Gasteiger partial charge is 0.328 e. The van der Waals surface area contributed by atoms with E-state index in [9.17, 15) is 19.2 Å². The van der Waals surface area contributed by atoms with Crippen LogP contribution in [0.15, 0.2) is 48.5 Å². The number of hydrogen-bond acceptors (Lipinski definition) is 8. The van der Waals surface area contributed by atoms with E-state index in [1.54, 1.807) is 36.4 Å². The molecule has 0 saturated carbocycles. The first-order valence-corrected chi connectivity index (χ1v) is 10.2. The average Bonchev–Trinajstić information content (AvgIpc) is 2.84. The van der Waals surface area contributed by atoms with Gasteiger partial charge in [0.2, 0.25) is 0 Å². The highest BCUT2D eigenvalue weighted by Gasteiger charge is 2.42. The minimum atomic E-state index is -1.45.